The quantitative estimate of drug-likeness (QED) is 0.351. The summed E-state index contributed by atoms with van der Waals surface area (Å²) in [5, 5.41) is 25.8. The van der Waals surface area contributed by atoms with Gasteiger partial charge in [0.2, 0.25) is 0 Å². The molecule has 0 bridgehead atoms. The smallest absolute Gasteiger partial charge is 0.402 e. The molecule has 0 aromatic heterocycles. The Morgan fingerprint density at radius 2 is 1.93 bits per heavy atom. The van der Waals surface area contributed by atoms with Crippen LogP contribution in [0.5, 0.6) is 0 Å². The summed E-state index contributed by atoms with van der Waals surface area (Å²) in [5.74, 6) is 0. The SMILES string of the molecule is COCCCCCC(CO)OB(O)O. The Balaban J connectivity index is 3.33. The third-order valence-electron chi connectivity index (χ3n) is 1.89. The fourth-order valence-corrected chi connectivity index (χ4v) is 1.17. The number of hydrogen-bond acceptors (Lipinski definition) is 5. The molecule has 0 aromatic carbocycles. The van der Waals surface area contributed by atoms with E-state index < -0.39 is 13.4 Å². The van der Waals surface area contributed by atoms with E-state index in [9.17, 15) is 0 Å². The van der Waals surface area contributed by atoms with Crippen molar-refractivity contribution in [1.82, 2.24) is 0 Å². The van der Waals surface area contributed by atoms with Crippen LogP contribution in [-0.2, 0) is 9.39 Å². The van der Waals surface area contributed by atoms with Gasteiger partial charge < -0.3 is 24.5 Å². The summed E-state index contributed by atoms with van der Waals surface area (Å²) in [4.78, 5) is 0. The predicted octanol–water partition coefficient (Wildman–Crippen LogP) is -0.460. The highest BCUT2D eigenvalue weighted by Crippen LogP contribution is 2.06. The van der Waals surface area contributed by atoms with E-state index in [0.717, 1.165) is 25.9 Å². The second-order valence-electron chi connectivity index (χ2n) is 3.11. The zero-order valence-electron chi connectivity index (χ0n) is 8.56. The number of hydrogen-bond donors (Lipinski definition) is 3. The largest absolute Gasteiger partial charge is 0.634 e. The van der Waals surface area contributed by atoms with Gasteiger partial charge in [0.25, 0.3) is 0 Å². The van der Waals surface area contributed by atoms with Gasteiger partial charge >= 0.3 is 7.32 Å². The third kappa shape index (κ3) is 8.46. The van der Waals surface area contributed by atoms with Crippen molar-refractivity contribution in [2.45, 2.75) is 31.8 Å². The zero-order chi connectivity index (χ0) is 10.8. The molecule has 1 atom stereocenters. The molecule has 14 heavy (non-hydrogen) atoms. The number of rotatable bonds is 9. The lowest BCUT2D eigenvalue weighted by Crippen LogP contribution is -2.28. The van der Waals surface area contributed by atoms with Crippen molar-refractivity contribution in [1.29, 1.82) is 0 Å². The molecule has 0 aliphatic carbocycles. The summed E-state index contributed by atoms with van der Waals surface area (Å²) < 4.78 is 9.51. The molecule has 3 N–H and O–H groups in total. The molecule has 84 valence electrons. The highest BCUT2D eigenvalue weighted by atomic mass is 16.6. The Kier molecular flexibility index (Phi) is 9.33. The van der Waals surface area contributed by atoms with Gasteiger partial charge in [0.05, 0.1) is 12.7 Å². The fraction of sp³-hybridized carbons (Fsp3) is 1.00. The van der Waals surface area contributed by atoms with E-state index in [1.165, 1.54) is 0 Å². The molecule has 6 heteroatoms. The Labute approximate surface area is 84.8 Å². The van der Waals surface area contributed by atoms with Crippen LogP contribution in [0.25, 0.3) is 0 Å². The van der Waals surface area contributed by atoms with E-state index >= 15 is 0 Å². The first kappa shape index (κ1) is 13.9. The molecule has 0 saturated heterocycles. The molecular weight excluding hydrogens is 187 g/mol. The van der Waals surface area contributed by atoms with E-state index in [4.69, 9.17) is 19.9 Å². The second-order valence-corrected chi connectivity index (χ2v) is 3.11. The van der Waals surface area contributed by atoms with Crippen LogP contribution in [0, 0.1) is 0 Å². The van der Waals surface area contributed by atoms with Crippen molar-refractivity contribution in [2.24, 2.45) is 0 Å². The van der Waals surface area contributed by atoms with Gasteiger partial charge in [-0.3, -0.25) is 0 Å². The maximum Gasteiger partial charge on any atom is 0.634 e. The molecule has 0 aromatic rings. The standard InChI is InChI=1S/C8H19BO5/c1-13-6-4-2-3-5-8(7-10)14-9(11)12/h8,10-12H,2-7H2,1H3. The Hall–Kier alpha value is -0.135. The molecule has 1 unspecified atom stereocenters. The average molecular weight is 206 g/mol. The summed E-state index contributed by atoms with van der Waals surface area (Å²) in [6.45, 7) is 0.537. The summed E-state index contributed by atoms with van der Waals surface area (Å²) >= 11 is 0. The Bertz CT molecular complexity index is 122. The number of aliphatic hydroxyl groups is 1. The van der Waals surface area contributed by atoms with E-state index in [1.54, 1.807) is 7.11 Å². The van der Waals surface area contributed by atoms with Gasteiger partial charge in [-0.25, -0.2) is 0 Å². The summed E-state index contributed by atoms with van der Waals surface area (Å²) in [7, 11) is -0.145. The number of unbranched alkanes of at least 4 members (excludes halogenated alkanes) is 2. The highest BCUT2D eigenvalue weighted by molar-refractivity contribution is 6.32. The first-order chi connectivity index (χ1) is 6.70. The van der Waals surface area contributed by atoms with Gasteiger partial charge in [-0.2, -0.15) is 0 Å². The van der Waals surface area contributed by atoms with Gasteiger partial charge in [0.15, 0.2) is 0 Å². The highest BCUT2D eigenvalue weighted by Gasteiger charge is 2.16. The lowest BCUT2D eigenvalue weighted by molar-refractivity contribution is 0.0604. The van der Waals surface area contributed by atoms with E-state index in [-0.39, 0.29) is 6.61 Å². The van der Waals surface area contributed by atoms with Crippen molar-refractivity contribution < 1.29 is 24.5 Å². The predicted molar refractivity (Wildman–Crippen MR) is 52.5 cm³/mol. The monoisotopic (exact) mass is 206 g/mol. The van der Waals surface area contributed by atoms with Gasteiger partial charge in [-0.1, -0.05) is 12.8 Å². The molecule has 0 saturated carbocycles. The maximum absolute atomic E-state index is 8.81. The minimum Gasteiger partial charge on any atom is -0.402 e. The normalized spacial score (nSPS) is 12.9. The molecule has 0 fully saturated rings. The molecular formula is C8H19BO5. The first-order valence-corrected chi connectivity index (χ1v) is 4.82. The molecule has 0 aliphatic heterocycles. The molecule has 0 aliphatic rings. The van der Waals surface area contributed by atoms with Gasteiger partial charge in [0.1, 0.15) is 0 Å². The summed E-state index contributed by atoms with van der Waals surface area (Å²) in [6.07, 6.45) is 2.96. The maximum atomic E-state index is 8.81. The Morgan fingerprint density at radius 3 is 2.43 bits per heavy atom. The Morgan fingerprint density at radius 1 is 1.21 bits per heavy atom. The van der Waals surface area contributed by atoms with Crippen LogP contribution in [0.15, 0.2) is 0 Å². The van der Waals surface area contributed by atoms with Crippen molar-refractivity contribution in [3.63, 3.8) is 0 Å². The van der Waals surface area contributed by atoms with Crippen molar-refractivity contribution >= 4 is 7.32 Å². The molecule has 0 rings (SSSR count). The van der Waals surface area contributed by atoms with Crippen LogP contribution in [0.4, 0.5) is 0 Å². The van der Waals surface area contributed by atoms with Crippen molar-refractivity contribution in [3.8, 4) is 0 Å². The van der Waals surface area contributed by atoms with Crippen LogP contribution < -0.4 is 0 Å². The van der Waals surface area contributed by atoms with Crippen LogP contribution in [0.1, 0.15) is 25.7 Å². The van der Waals surface area contributed by atoms with Gasteiger partial charge in [0, 0.05) is 13.7 Å². The van der Waals surface area contributed by atoms with Crippen molar-refractivity contribution in [3.05, 3.63) is 0 Å². The van der Waals surface area contributed by atoms with Gasteiger partial charge in [-0.15, -0.1) is 0 Å². The number of aliphatic hydroxyl groups excluding tert-OH is 1. The summed E-state index contributed by atoms with van der Waals surface area (Å²) in [5.41, 5.74) is 0. The molecule has 0 heterocycles. The van der Waals surface area contributed by atoms with E-state index in [2.05, 4.69) is 4.65 Å². The summed E-state index contributed by atoms with van der Waals surface area (Å²) in [6, 6.07) is 0. The second kappa shape index (κ2) is 9.42. The minimum atomic E-state index is -1.80. The number of ether oxygens (including phenoxy) is 1. The number of methoxy groups -OCH3 is 1. The lowest BCUT2D eigenvalue weighted by Gasteiger charge is -2.14. The lowest BCUT2D eigenvalue weighted by atomic mass is 10.1. The van der Waals surface area contributed by atoms with E-state index in [0.29, 0.717) is 6.42 Å². The molecule has 0 amide bonds. The van der Waals surface area contributed by atoms with Crippen LogP contribution >= 0.6 is 0 Å². The van der Waals surface area contributed by atoms with Crippen LogP contribution in [0.3, 0.4) is 0 Å². The van der Waals surface area contributed by atoms with Gasteiger partial charge in [-0.05, 0) is 12.8 Å². The average Bonchev–Trinajstić information content (AvgIpc) is 2.15. The van der Waals surface area contributed by atoms with Crippen LogP contribution in [-0.4, -0.2) is 48.9 Å². The van der Waals surface area contributed by atoms with Crippen molar-refractivity contribution in [2.75, 3.05) is 20.3 Å². The van der Waals surface area contributed by atoms with E-state index in [1.807, 2.05) is 0 Å². The fourth-order valence-electron chi connectivity index (χ4n) is 1.17. The minimum absolute atomic E-state index is 0.193. The topological polar surface area (TPSA) is 79.2 Å². The third-order valence-corrected chi connectivity index (χ3v) is 1.89. The zero-order valence-corrected chi connectivity index (χ0v) is 8.56. The molecule has 5 nitrogen and oxygen atoms in total. The molecule has 0 radical (unpaired) electrons. The van der Waals surface area contributed by atoms with Crippen LogP contribution in [0.2, 0.25) is 0 Å². The first-order valence-electron chi connectivity index (χ1n) is 4.82. The molecule has 0 spiro atoms.